The van der Waals surface area contributed by atoms with Gasteiger partial charge in [-0.25, -0.2) is 0 Å². The van der Waals surface area contributed by atoms with Crippen LogP contribution in [0.4, 0.5) is 5.69 Å². The number of hydrogen-bond acceptors (Lipinski definition) is 6. The number of nitrogens with zero attached hydrogens (tertiary/aromatic N) is 2. The summed E-state index contributed by atoms with van der Waals surface area (Å²) in [6, 6.07) is 25.7. The van der Waals surface area contributed by atoms with Crippen LogP contribution in [0.15, 0.2) is 84.0 Å². The maximum Gasteiger partial charge on any atom is 0.135 e. The smallest absolute Gasteiger partial charge is 0.135 e. The number of anilines is 1. The predicted molar refractivity (Wildman–Crippen MR) is 135 cm³/mol. The quantitative estimate of drug-likeness (QED) is 0.391. The van der Waals surface area contributed by atoms with Crippen molar-refractivity contribution in [3.63, 3.8) is 0 Å². The molecule has 1 unspecified atom stereocenters. The second kappa shape index (κ2) is 8.98. The summed E-state index contributed by atoms with van der Waals surface area (Å²) in [7, 11) is 4.83. The molecule has 6 heteroatoms. The summed E-state index contributed by atoms with van der Waals surface area (Å²) in [5, 5.41) is 20.0. The molecule has 1 heterocycles. The molecule has 0 aromatic heterocycles. The number of benzene rings is 4. The largest absolute Gasteiger partial charge is 0.507 e. The average molecular weight is 455 g/mol. The number of aromatic hydroxyl groups is 1. The Hall–Kier alpha value is -4.19. The first-order chi connectivity index (χ1) is 16.6. The van der Waals surface area contributed by atoms with Gasteiger partial charge in [-0.05, 0) is 29.1 Å². The van der Waals surface area contributed by atoms with Gasteiger partial charge in [0.25, 0.3) is 0 Å². The van der Waals surface area contributed by atoms with Crippen LogP contribution in [0, 0.1) is 0 Å². The molecular weight excluding hydrogens is 428 g/mol. The predicted octanol–water partition coefficient (Wildman–Crippen LogP) is 5.93. The summed E-state index contributed by atoms with van der Waals surface area (Å²) in [5.74, 6) is 1.94. The van der Waals surface area contributed by atoms with Gasteiger partial charge in [-0.15, -0.1) is 0 Å². The molecule has 0 bridgehead atoms. The van der Waals surface area contributed by atoms with Gasteiger partial charge in [-0.1, -0.05) is 48.5 Å². The number of phenolic OH excluding ortho intramolecular Hbond substituents is 1. The molecule has 1 aliphatic rings. The van der Waals surface area contributed by atoms with Crippen molar-refractivity contribution in [2.75, 3.05) is 26.3 Å². The van der Waals surface area contributed by atoms with Gasteiger partial charge in [0.05, 0.1) is 44.3 Å². The number of hydrazone groups is 1. The number of ether oxygens (including phenoxy) is 3. The standard InChI is InChI=1S/C28H26N2O4/c1-32-19-15-25(31)28(27(16-19)34-3)23-17-24(30(29-23)18-9-5-4-6-10-18)21-13-14-26(33-2)22-12-8-7-11-20(21)22/h4-16,24,31H,17H2,1-3H3. The number of phenols is 1. The van der Waals surface area contributed by atoms with Crippen LogP contribution in [-0.2, 0) is 0 Å². The van der Waals surface area contributed by atoms with Gasteiger partial charge < -0.3 is 19.3 Å². The van der Waals surface area contributed by atoms with E-state index in [0.29, 0.717) is 23.5 Å². The Morgan fingerprint density at radius 3 is 2.21 bits per heavy atom. The van der Waals surface area contributed by atoms with Crippen molar-refractivity contribution in [2.24, 2.45) is 5.10 Å². The highest BCUT2D eigenvalue weighted by Gasteiger charge is 2.34. The lowest BCUT2D eigenvalue weighted by Crippen LogP contribution is -2.18. The molecule has 6 nitrogen and oxygen atoms in total. The molecule has 0 fully saturated rings. The van der Waals surface area contributed by atoms with Crippen LogP contribution in [0.2, 0.25) is 0 Å². The Morgan fingerprint density at radius 1 is 0.794 bits per heavy atom. The number of fused-ring (bicyclic) bond motifs is 1. The van der Waals surface area contributed by atoms with Gasteiger partial charge in [-0.3, -0.25) is 5.01 Å². The Kier molecular flexibility index (Phi) is 5.72. The topological polar surface area (TPSA) is 63.5 Å². The van der Waals surface area contributed by atoms with Crippen molar-refractivity contribution in [1.29, 1.82) is 0 Å². The SMILES string of the molecule is COc1cc(O)c(C2=NN(c3ccccc3)C(c3ccc(OC)c4ccccc34)C2)c(OC)c1. The fraction of sp³-hybridized carbons (Fsp3) is 0.179. The van der Waals surface area contributed by atoms with Crippen molar-refractivity contribution in [1.82, 2.24) is 0 Å². The van der Waals surface area contributed by atoms with Crippen LogP contribution in [0.1, 0.15) is 23.6 Å². The molecule has 0 saturated heterocycles. The van der Waals surface area contributed by atoms with E-state index in [1.54, 1.807) is 33.5 Å². The molecule has 0 radical (unpaired) electrons. The Morgan fingerprint density at radius 2 is 1.50 bits per heavy atom. The number of methoxy groups -OCH3 is 3. The second-order valence-electron chi connectivity index (χ2n) is 8.07. The van der Waals surface area contributed by atoms with E-state index < -0.39 is 0 Å². The molecular formula is C28H26N2O4. The van der Waals surface area contributed by atoms with Crippen LogP contribution in [0.25, 0.3) is 10.8 Å². The van der Waals surface area contributed by atoms with E-state index in [2.05, 4.69) is 18.2 Å². The summed E-state index contributed by atoms with van der Waals surface area (Å²) in [5.41, 5.74) is 3.41. The van der Waals surface area contributed by atoms with Gasteiger partial charge in [0.1, 0.15) is 23.0 Å². The zero-order chi connectivity index (χ0) is 23.7. The molecule has 4 aromatic carbocycles. The van der Waals surface area contributed by atoms with Gasteiger partial charge >= 0.3 is 0 Å². The van der Waals surface area contributed by atoms with Crippen LogP contribution < -0.4 is 19.2 Å². The van der Waals surface area contributed by atoms with Gasteiger partial charge in [0, 0.05) is 23.9 Å². The van der Waals surface area contributed by atoms with E-state index in [1.165, 1.54) is 0 Å². The van der Waals surface area contributed by atoms with Crippen molar-refractivity contribution in [3.05, 3.63) is 90.0 Å². The molecule has 0 amide bonds. The van der Waals surface area contributed by atoms with Crippen LogP contribution in [0.5, 0.6) is 23.0 Å². The third-order valence-electron chi connectivity index (χ3n) is 6.23. The highest BCUT2D eigenvalue weighted by molar-refractivity contribution is 6.08. The van der Waals surface area contributed by atoms with Gasteiger partial charge in [-0.2, -0.15) is 5.10 Å². The van der Waals surface area contributed by atoms with E-state index in [4.69, 9.17) is 19.3 Å². The minimum atomic E-state index is -0.0839. The molecule has 4 aromatic rings. The molecule has 1 atom stereocenters. The van der Waals surface area contributed by atoms with E-state index in [9.17, 15) is 5.11 Å². The molecule has 1 aliphatic heterocycles. The summed E-state index contributed by atoms with van der Waals surface area (Å²) < 4.78 is 16.5. The Bertz CT molecular complexity index is 1370. The summed E-state index contributed by atoms with van der Waals surface area (Å²) >= 11 is 0. The monoisotopic (exact) mass is 454 g/mol. The van der Waals surface area contributed by atoms with Crippen molar-refractivity contribution in [3.8, 4) is 23.0 Å². The van der Waals surface area contributed by atoms with E-state index in [0.717, 1.165) is 33.5 Å². The molecule has 0 aliphatic carbocycles. The summed E-state index contributed by atoms with van der Waals surface area (Å²) in [4.78, 5) is 0. The number of rotatable bonds is 6. The maximum absolute atomic E-state index is 10.9. The fourth-order valence-electron chi connectivity index (χ4n) is 4.63. The lowest BCUT2D eigenvalue weighted by Gasteiger charge is -2.25. The lowest BCUT2D eigenvalue weighted by molar-refractivity contribution is 0.384. The van der Waals surface area contributed by atoms with Crippen molar-refractivity contribution in [2.45, 2.75) is 12.5 Å². The van der Waals surface area contributed by atoms with Crippen LogP contribution in [0.3, 0.4) is 0 Å². The number of para-hydroxylation sites is 1. The molecule has 1 N–H and O–H groups in total. The van der Waals surface area contributed by atoms with Crippen molar-refractivity contribution >= 4 is 22.2 Å². The summed E-state index contributed by atoms with van der Waals surface area (Å²) in [6.07, 6.45) is 0.585. The third-order valence-corrected chi connectivity index (χ3v) is 6.23. The normalized spacial score (nSPS) is 15.3. The highest BCUT2D eigenvalue weighted by atomic mass is 16.5. The fourth-order valence-corrected chi connectivity index (χ4v) is 4.63. The minimum absolute atomic E-state index is 0.0724. The van der Waals surface area contributed by atoms with Gasteiger partial charge in [0.2, 0.25) is 0 Å². The zero-order valence-electron chi connectivity index (χ0n) is 19.4. The first-order valence-corrected chi connectivity index (χ1v) is 11.1. The molecule has 0 saturated carbocycles. The second-order valence-corrected chi connectivity index (χ2v) is 8.07. The minimum Gasteiger partial charge on any atom is -0.507 e. The Labute approximate surface area is 198 Å². The maximum atomic E-state index is 10.9. The number of hydrogen-bond donors (Lipinski definition) is 1. The third kappa shape index (κ3) is 3.67. The van der Waals surface area contributed by atoms with Gasteiger partial charge in [0.15, 0.2) is 0 Å². The van der Waals surface area contributed by atoms with Crippen LogP contribution in [-0.4, -0.2) is 32.1 Å². The summed E-state index contributed by atoms with van der Waals surface area (Å²) in [6.45, 7) is 0. The zero-order valence-corrected chi connectivity index (χ0v) is 19.4. The average Bonchev–Trinajstić information content (AvgIpc) is 3.32. The van der Waals surface area contributed by atoms with Crippen molar-refractivity contribution < 1.29 is 19.3 Å². The highest BCUT2D eigenvalue weighted by Crippen LogP contribution is 2.44. The first-order valence-electron chi connectivity index (χ1n) is 11.1. The molecule has 5 rings (SSSR count). The lowest BCUT2D eigenvalue weighted by atomic mass is 9.93. The Balaban J connectivity index is 1.67. The molecule has 34 heavy (non-hydrogen) atoms. The van der Waals surface area contributed by atoms with Crippen LogP contribution >= 0.6 is 0 Å². The van der Waals surface area contributed by atoms with E-state index >= 15 is 0 Å². The van der Waals surface area contributed by atoms with E-state index in [1.807, 2.05) is 53.5 Å². The first kappa shape index (κ1) is 21.6. The van der Waals surface area contributed by atoms with E-state index in [-0.39, 0.29) is 11.8 Å². The molecule has 0 spiro atoms. The molecule has 172 valence electrons.